The number of hydrogen-bond donors (Lipinski definition) is 3. The second kappa shape index (κ2) is 4.87. The summed E-state index contributed by atoms with van der Waals surface area (Å²) in [4.78, 5) is 13.6. The number of H-pyrrole nitrogens is 1. The van der Waals surface area contributed by atoms with E-state index in [1.807, 2.05) is 0 Å². The highest BCUT2D eigenvalue weighted by Crippen LogP contribution is 2.20. The molecule has 0 bridgehead atoms. The van der Waals surface area contributed by atoms with Crippen molar-refractivity contribution in [3.05, 3.63) is 53.4 Å². The molecule has 1 aromatic heterocycles. The van der Waals surface area contributed by atoms with Crippen molar-refractivity contribution in [2.24, 2.45) is 0 Å². The lowest BCUT2D eigenvalue weighted by atomic mass is 10.1. The van der Waals surface area contributed by atoms with Gasteiger partial charge in [0, 0.05) is 25.0 Å². The molecule has 0 fully saturated rings. The summed E-state index contributed by atoms with van der Waals surface area (Å²) in [5, 5.41) is 11.5. The molecule has 0 aliphatic rings. The van der Waals surface area contributed by atoms with E-state index in [4.69, 9.17) is 5.11 Å². The Bertz CT molecular complexity index is 568. The highest BCUT2D eigenvalue weighted by atomic mass is 19.1. The maximum Gasteiger partial charge on any atom is 0.338 e. The Kier molecular flexibility index (Phi) is 3.27. The maximum absolute atomic E-state index is 13.4. The van der Waals surface area contributed by atoms with Crippen LogP contribution in [-0.4, -0.2) is 16.1 Å². The molecule has 6 heteroatoms. The monoisotopic (exact) mass is 252 g/mol. The molecule has 3 N–H and O–H groups in total. The summed E-state index contributed by atoms with van der Waals surface area (Å²) >= 11 is 0. The Hall–Kier alpha value is -2.37. The van der Waals surface area contributed by atoms with Gasteiger partial charge in [-0.2, -0.15) is 0 Å². The number of benzene rings is 1. The lowest BCUT2D eigenvalue weighted by Gasteiger charge is -2.08. The van der Waals surface area contributed by atoms with Gasteiger partial charge in [-0.15, -0.1) is 0 Å². The third-order valence-electron chi connectivity index (χ3n) is 2.43. The average Bonchev–Trinajstić information content (AvgIpc) is 2.80. The highest BCUT2D eigenvalue weighted by molar-refractivity contribution is 5.89. The van der Waals surface area contributed by atoms with Crippen molar-refractivity contribution in [1.29, 1.82) is 0 Å². The molecule has 0 atom stereocenters. The first-order chi connectivity index (χ1) is 8.58. The molecule has 0 amide bonds. The number of aromatic amines is 1. The summed E-state index contributed by atoms with van der Waals surface area (Å²) in [5.41, 5.74) is 0.263. The zero-order valence-electron chi connectivity index (χ0n) is 9.21. The van der Waals surface area contributed by atoms with Crippen molar-refractivity contribution in [3.8, 4) is 0 Å². The molecule has 94 valence electrons. The molecule has 0 spiro atoms. The Balaban J connectivity index is 2.22. The number of nitrogens with one attached hydrogen (secondary N) is 2. The standard InChI is InChI=1S/C12H10F2N2O2/c13-9-4-10(14)11(3-8(9)12(17)18)16-6-7-1-2-15-5-7/h1-5,15-16H,6H2,(H,17,18). The van der Waals surface area contributed by atoms with Gasteiger partial charge in [0.1, 0.15) is 11.6 Å². The van der Waals surface area contributed by atoms with Gasteiger partial charge in [0.15, 0.2) is 0 Å². The molecule has 18 heavy (non-hydrogen) atoms. The second-order valence-corrected chi connectivity index (χ2v) is 3.69. The Labute approximate surface area is 101 Å². The predicted octanol–water partition coefficient (Wildman–Crippen LogP) is 2.60. The fourth-order valence-electron chi connectivity index (χ4n) is 1.51. The molecule has 2 aromatic rings. The van der Waals surface area contributed by atoms with Crippen LogP contribution in [0.2, 0.25) is 0 Å². The van der Waals surface area contributed by atoms with Crippen molar-refractivity contribution in [2.75, 3.05) is 5.32 Å². The van der Waals surface area contributed by atoms with Crippen molar-refractivity contribution in [2.45, 2.75) is 6.54 Å². The first kappa shape index (κ1) is 12.1. The summed E-state index contributed by atoms with van der Waals surface area (Å²) in [7, 11) is 0. The highest BCUT2D eigenvalue weighted by Gasteiger charge is 2.14. The molecular weight excluding hydrogens is 242 g/mol. The molecule has 2 rings (SSSR count). The smallest absolute Gasteiger partial charge is 0.338 e. The van der Waals surface area contributed by atoms with Gasteiger partial charge in [-0.05, 0) is 17.7 Å². The maximum atomic E-state index is 13.4. The van der Waals surface area contributed by atoms with Crippen molar-refractivity contribution in [1.82, 2.24) is 4.98 Å². The van der Waals surface area contributed by atoms with Crippen LogP contribution in [0.5, 0.6) is 0 Å². The average molecular weight is 252 g/mol. The van der Waals surface area contributed by atoms with Gasteiger partial charge < -0.3 is 15.4 Å². The zero-order valence-corrected chi connectivity index (χ0v) is 9.21. The van der Waals surface area contributed by atoms with Crippen molar-refractivity contribution in [3.63, 3.8) is 0 Å². The quantitative estimate of drug-likeness (QED) is 0.783. The third kappa shape index (κ3) is 2.48. The molecule has 0 radical (unpaired) electrons. The van der Waals surface area contributed by atoms with Gasteiger partial charge in [0.05, 0.1) is 11.3 Å². The van der Waals surface area contributed by atoms with Gasteiger partial charge in [-0.3, -0.25) is 0 Å². The number of aromatic nitrogens is 1. The van der Waals surface area contributed by atoms with Gasteiger partial charge >= 0.3 is 5.97 Å². The molecule has 4 nitrogen and oxygen atoms in total. The van der Waals surface area contributed by atoms with E-state index in [2.05, 4.69) is 10.3 Å². The van der Waals surface area contributed by atoms with Crippen LogP contribution in [0.4, 0.5) is 14.5 Å². The van der Waals surface area contributed by atoms with Gasteiger partial charge in [0.2, 0.25) is 0 Å². The SMILES string of the molecule is O=C(O)c1cc(NCc2cc[nH]c2)c(F)cc1F. The Morgan fingerprint density at radius 1 is 1.33 bits per heavy atom. The van der Waals surface area contributed by atoms with E-state index < -0.39 is 23.2 Å². The first-order valence-electron chi connectivity index (χ1n) is 5.16. The van der Waals surface area contributed by atoms with E-state index in [1.165, 1.54) is 0 Å². The molecule has 0 saturated heterocycles. The van der Waals surface area contributed by atoms with Crippen LogP contribution in [0.25, 0.3) is 0 Å². The predicted molar refractivity (Wildman–Crippen MR) is 61.4 cm³/mol. The van der Waals surface area contributed by atoms with Crippen LogP contribution in [0.3, 0.4) is 0 Å². The first-order valence-corrected chi connectivity index (χ1v) is 5.16. The topological polar surface area (TPSA) is 65.1 Å². The van der Waals surface area contributed by atoms with E-state index in [-0.39, 0.29) is 5.69 Å². The minimum atomic E-state index is -1.43. The number of halogens is 2. The fraction of sp³-hybridized carbons (Fsp3) is 0.0833. The lowest BCUT2D eigenvalue weighted by molar-refractivity contribution is 0.0692. The summed E-state index contributed by atoms with van der Waals surface area (Å²) in [5.74, 6) is -3.35. The number of anilines is 1. The summed E-state index contributed by atoms with van der Waals surface area (Å²) in [6.07, 6.45) is 3.42. The van der Waals surface area contributed by atoms with E-state index in [0.29, 0.717) is 12.6 Å². The molecule has 1 heterocycles. The fourth-order valence-corrected chi connectivity index (χ4v) is 1.51. The summed E-state index contributed by atoms with van der Waals surface area (Å²) in [6.45, 7) is 0.311. The largest absolute Gasteiger partial charge is 0.478 e. The van der Waals surface area contributed by atoms with Crippen molar-refractivity contribution >= 4 is 11.7 Å². The minimum Gasteiger partial charge on any atom is -0.478 e. The molecule has 0 aliphatic heterocycles. The number of aromatic carboxylic acids is 1. The van der Waals surface area contributed by atoms with Gasteiger partial charge in [0.25, 0.3) is 0 Å². The Morgan fingerprint density at radius 2 is 2.11 bits per heavy atom. The number of hydrogen-bond acceptors (Lipinski definition) is 2. The lowest BCUT2D eigenvalue weighted by Crippen LogP contribution is -2.06. The van der Waals surface area contributed by atoms with E-state index in [1.54, 1.807) is 18.5 Å². The minimum absolute atomic E-state index is 0.0463. The second-order valence-electron chi connectivity index (χ2n) is 3.69. The van der Waals surface area contributed by atoms with Crippen LogP contribution >= 0.6 is 0 Å². The number of carboxylic acid groups (broad SMARTS) is 1. The van der Waals surface area contributed by atoms with E-state index in [9.17, 15) is 13.6 Å². The number of carbonyl (C=O) groups is 1. The van der Waals surface area contributed by atoms with E-state index >= 15 is 0 Å². The zero-order chi connectivity index (χ0) is 13.1. The van der Waals surface area contributed by atoms with Crippen LogP contribution in [-0.2, 0) is 6.54 Å². The normalized spacial score (nSPS) is 10.3. The molecule has 0 aliphatic carbocycles. The van der Waals surface area contributed by atoms with Gasteiger partial charge in [-0.25, -0.2) is 13.6 Å². The molecular formula is C12H10F2N2O2. The van der Waals surface area contributed by atoms with Crippen LogP contribution < -0.4 is 5.32 Å². The third-order valence-corrected chi connectivity index (χ3v) is 2.43. The summed E-state index contributed by atoms with van der Waals surface area (Å²) < 4.78 is 26.6. The van der Waals surface area contributed by atoms with Crippen molar-refractivity contribution < 1.29 is 18.7 Å². The van der Waals surface area contributed by atoms with Crippen LogP contribution in [0.15, 0.2) is 30.6 Å². The van der Waals surface area contributed by atoms with E-state index in [0.717, 1.165) is 11.6 Å². The molecule has 0 unspecified atom stereocenters. The number of rotatable bonds is 4. The summed E-state index contributed by atoms with van der Waals surface area (Å²) in [6, 6.07) is 3.29. The Morgan fingerprint density at radius 3 is 2.72 bits per heavy atom. The van der Waals surface area contributed by atoms with Crippen LogP contribution in [0, 0.1) is 11.6 Å². The molecule has 0 saturated carbocycles. The molecule has 1 aromatic carbocycles. The van der Waals surface area contributed by atoms with Gasteiger partial charge in [-0.1, -0.05) is 0 Å². The van der Waals surface area contributed by atoms with Crippen LogP contribution in [0.1, 0.15) is 15.9 Å². The number of carboxylic acids is 1.